The van der Waals surface area contributed by atoms with E-state index in [-0.39, 0.29) is 40.5 Å². The zero-order valence-electron chi connectivity index (χ0n) is 8.02. The summed E-state index contributed by atoms with van der Waals surface area (Å²) in [5, 5.41) is 9.92. The molecule has 0 atom stereocenters. The van der Waals surface area contributed by atoms with Crippen LogP contribution in [-0.2, 0) is 9.59 Å². The van der Waals surface area contributed by atoms with Gasteiger partial charge in [-0.05, 0) is 24.3 Å². The standard InChI is InChI=1S/C8H6O4.Na.2H2O/c9-7(8(10)11)4-3-6-2-1-5-12-6;;;/h1-5H,(H,10,11);;2*1H2/q;+1;;/p-1/b4-3-;;;. The third-order valence-corrected chi connectivity index (χ3v) is 1.14. The Morgan fingerprint density at radius 1 is 1.33 bits per heavy atom. The maximum Gasteiger partial charge on any atom is 1.00 e. The van der Waals surface area contributed by atoms with Crippen molar-refractivity contribution in [2.75, 3.05) is 0 Å². The number of carbonyl (C=O) groups excluding carboxylic acids is 2. The topological polar surface area (TPSA) is 133 Å². The van der Waals surface area contributed by atoms with E-state index in [1.807, 2.05) is 0 Å². The number of carbonyl (C=O) groups is 2. The summed E-state index contributed by atoms with van der Waals surface area (Å²) < 4.78 is 4.81. The number of carboxylic acid groups (broad SMARTS) is 1. The predicted molar refractivity (Wildman–Crippen MR) is 45.0 cm³/mol. The van der Waals surface area contributed by atoms with Crippen molar-refractivity contribution in [3.05, 3.63) is 30.2 Å². The summed E-state index contributed by atoms with van der Waals surface area (Å²) in [5.74, 6) is -2.38. The number of aliphatic carboxylic acids is 1. The summed E-state index contributed by atoms with van der Waals surface area (Å²) in [6.45, 7) is 0. The Balaban J connectivity index is -0.000000480. The molecule has 1 heterocycles. The van der Waals surface area contributed by atoms with Gasteiger partial charge in [-0.3, -0.25) is 4.79 Å². The van der Waals surface area contributed by atoms with Crippen molar-refractivity contribution in [1.29, 1.82) is 0 Å². The Labute approximate surface area is 107 Å². The summed E-state index contributed by atoms with van der Waals surface area (Å²) in [6.07, 6.45) is 3.56. The SMILES string of the molecule is O.O.O=C([O-])C(=O)/C=C\c1ccco1.[Na+]. The number of carboxylic acids is 1. The molecule has 0 spiro atoms. The first-order valence-electron chi connectivity index (χ1n) is 3.17. The fraction of sp³-hybridized carbons (Fsp3) is 0. The van der Waals surface area contributed by atoms with Gasteiger partial charge < -0.3 is 25.3 Å². The Hall–Kier alpha value is -0.920. The van der Waals surface area contributed by atoms with Crippen LogP contribution in [-0.4, -0.2) is 22.7 Å². The molecule has 0 aliphatic carbocycles. The van der Waals surface area contributed by atoms with Gasteiger partial charge in [-0.2, -0.15) is 0 Å². The number of rotatable bonds is 3. The predicted octanol–water partition coefficient (Wildman–Crippen LogP) is -5.03. The molecule has 7 heteroatoms. The smallest absolute Gasteiger partial charge is 0.541 e. The fourth-order valence-electron chi connectivity index (χ4n) is 0.612. The van der Waals surface area contributed by atoms with E-state index >= 15 is 0 Å². The fourth-order valence-corrected chi connectivity index (χ4v) is 0.612. The van der Waals surface area contributed by atoms with Gasteiger partial charge in [-0.25, -0.2) is 0 Å². The molecular weight excluding hydrogens is 215 g/mol. The molecule has 1 aromatic heterocycles. The van der Waals surface area contributed by atoms with Crippen LogP contribution in [0.1, 0.15) is 5.76 Å². The molecule has 78 valence electrons. The Bertz CT molecular complexity index is 316. The van der Waals surface area contributed by atoms with Crippen LogP contribution in [0.5, 0.6) is 0 Å². The zero-order chi connectivity index (χ0) is 8.97. The zero-order valence-corrected chi connectivity index (χ0v) is 10.0. The van der Waals surface area contributed by atoms with Gasteiger partial charge in [0.25, 0.3) is 0 Å². The number of hydrogen-bond donors (Lipinski definition) is 0. The maximum atomic E-state index is 10.4. The number of furan rings is 1. The van der Waals surface area contributed by atoms with Crippen LogP contribution in [0, 0.1) is 0 Å². The first-order chi connectivity index (χ1) is 5.70. The van der Waals surface area contributed by atoms with Gasteiger partial charge in [0.2, 0.25) is 5.78 Å². The third-order valence-electron chi connectivity index (χ3n) is 1.14. The first-order valence-corrected chi connectivity index (χ1v) is 3.17. The molecule has 0 saturated carbocycles. The van der Waals surface area contributed by atoms with Crippen LogP contribution in [0.15, 0.2) is 28.9 Å². The largest absolute Gasteiger partial charge is 1.00 e. The second kappa shape index (κ2) is 9.63. The Morgan fingerprint density at radius 3 is 2.33 bits per heavy atom. The minimum absolute atomic E-state index is 0. The van der Waals surface area contributed by atoms with Crippen LogP contribution in [0.3, 0.4) is 0 Å². The summed E-state index contributed by atoms with van der Waals surface area (Å²) in [4.78, 5) is 20.4. The molecule has 1 rings (SSSR count). The molecule has 0 aliphatic heterocycles. The van der Waals surface area contributed by atoms with E-state index in [2.05, 4.69) is 0 Å². The van der Waals surface area contributed by atoms with Gasteiger partial charge in [0.05, 0.1) is 6.26 Å². The van der Waals surface area contributed by atoms with E-state index in [1.54, 1.807) is 12.1 Å². The average molecular weight is 224 g/mol. The van der Waals surface area contributed by atoms with Crippen molar-refractivity contribution in [3.8, 4) is 0 Å². The quantitative estimate of drug-likeness (QED) is 0.288. The van der Waals surface area contributed by atoms with Crippen molar-refractivity contribution in [1.82, 2.24) is 0 Å². The maximum absolute atomic E-state index is 10.4. The summed E-state index contributed by atoms with van der Waals surface area (Å²) in [6, 6.07) is 3.22. The van der Waals surface area contributed by atoms with Crippen LogP contribution in [0.2, 0.25) is 0 Å². The van der Waals surface area contributed by atoms with E-state index in [1.165, 1.54) is 12.3 Å². The summed E-state index contributed by atoms with van der Waals surface area (Å²) >= 11 is 0. The van der Waals surface area contributed by atoms with Crippen molar-refractivity contribution >= 4 is 17.8 Å². The molecule has 4 N–H and O–H groups in total. The third kappa shape index (κ3) is 7.06. The Kier molecular flexibility index (Phi) is 12.6. The van der Waals surface area contributed by atoms with Gasteiger partial charge in [0.1, 0.15) is 11.7 Å². The summed E-state index contributed by atoms with van der Waals surface area (Å²) in [7, 11) is 0. The van der Waals surface area contributed by atoms with Gasteiger partial charge in [-0.15, -0.1) is 0 Å². The normalized spacial score (nSPS) is 8.27. The minimum Gasteiger partial charge on any atom is -0.541 e. The van der Waals surface area contributed by atoms with Crippen LogP contribution in [0.4, 0.5) is 0 Å². The van der Waals surface area contributed by atoms with Gasteiger partial charge in [0.15, 0.2) is 0 Å². The second-order valence-corrected chi connectivity index (χ2v) is 2.00. The molecule has 0 fully saturated rings. The minimum atomic E-state index is -1.72. The van der Waals surface area contributed by atoms with Crippen molar-refractivity contribution in [2.45, 2.75) is 0 Å². The molecular formula is C8H9NaO6. The molecule has 6 nitrogen and oxygen atoms in total. The summed E-state index contributed by atoms with van der Waals surface area (Å²) in [5.41, 5.74) is 0. The molecule has 0 unspecified atom stereocenters. The first kappa shape index (κ1) is 19.6. The van der Waals surface area contributed by atoms with E-state index in [0.29, 0.717) is 5.76 Å². The van der Waals surface area contributed by atoms with E-state index < -0.39 is 11.8 Å². The van der Waals surface area contributed by atoms with Crippen molar-refractivity contribution in [2.24, 2.45) is 0 Å². The molecule has 0 saturated heterocycles. The van der Waals surface area contributed by atoms with Gasteiger partial charge >= 0.3 is 29.6 Å². The second-order valence-electron chi connectivity index (χ2n) is 2.00. The Morgan fingerprint density at radius 2 is 1.93 bits per heavy atom. The monoisotopic (exact) mass is 224 g/mol. The van der Waals surface area contributed by atoms with Gasteiger partial charge in [-0.1, -0.05) is 0 Å². The van der Waals surface area contributed by atoms with Crippen LogP contribution < -0.4 is 34.7 Å². The van der Waals surface area contributed by atoms with Crippen molar-refractivity contribution < 1.29 is 59.6 Å². The molecule has 0 bridgehead atoms. The van der Waals surface area contributed by atoms with E-state index in [0.717, 1.165) is 6.08 Å². The molecule has 0 radical (unpaired) electrons. The van der Waals surface area contributed by atoms with E-state index in [4.69, 9.17) is 4.42 Å². The number of ketones is 1. The molecule has 0 aliphatic rings. The average Bonchev–Trinajstić information content (AvgIpc) is 2.51. The van der Waals surface area contributed by atoms with Crippen LogP contribution in [0.25, 0.3) is 6.08 Å². The molecule has 15 heavy (non-hydrogen) atoms. The van der Waals surface area contributed by atoms with E-state index in [9.17, 15) is 14.7 Å². The number of hydrogen-bond acceptors (Lipinski definition) is 4. The molecule has 0 aromatic carbocycles. The van der Waals surface area contributed by atoms with Crippen molar-refractivity contribution in [3.63, 3.8) is 0 Å². The molecule has 0 amide bonds. The van der Waals surface area contributed by atoms with Gasteiger partial charge in [0, 0.05) is 0 Å². The molecule has 1 aromatic rings. The van der Waals surface area contributed by atoms with Crippen LogP contribution >= 0.6 is 0 Å².